The molecule has 1 saturated heterocycles. The van der Waals surface area contributed by atoms with Crippen LogP contribution in [0, 0.1) is 19.8 Å². The molecule has 2 aliphatic rings. The highest BCUT2D eigenvalue weighted by molar-refractivity contribution is 14.0. The maximum atomic E-state index is 11.5. The maximum Gasteiger partial charge on any atom is 0.191 e. The van der Waals surface area contributed by atoms with Crippen LogP contribution in [0.3, 0.4) is 0 Å². The molecule has 2 heterocycles. The molecule has 1 unspecified atom stereocenters. The number of nitrogens with zero attached hydrogens (tertiary/aromatic N) is 2. The number of rotatable bonds is 5. The molecule has 1 aromatic heterocycles. The van der Waals surface area contributed by atoms with Gasteiger partial charge < -0.3 is 10.6 Å². The van der Waals surface area contributed by atoms with Crippen molar-refractivity contribution in [3.05, 3.63) is 15.6 Å². The molecule has 0 bridgehead atoms. The van der Waals surface area contributed by atoms with Gasteiger partial charge in [0, 0.05) is 17.5 Å². The van der Waals surface area contributed by atoms with Crippen molar-refractivity contribution in [2.45, 2.75) is 45.7 Å². The van der Waals surface area contributed by atoms with Gasteiger partial charge in [-0.05, 0) is 39.0 Å². The van der Waals surface area contributed by atoms with Crippen molar-refractivity contribution in [1.82, 2.24) is 15.6 Å². The first-order chi connectivity index (χ1) is 10.9. The Balaban J connectivity index is 0.00000208. The van der Waals surface area contributed by atoms with Crippen LogP contribution >= 0.6 is 35.3 Å². The third-order valence-corrected chi connectivity index (χ3v) is 7.14. The van der Waals surface area contributed by atoms with Crippen molar-refractivity contribution >= 4 is 51.1 Å². The van der Waals surface area contributed by atoms with Crippen molar-refractivity contribution in [3.63, 3.8) is 0 Å². The van der Waals surface area contributed by atoms with E-state index >= 15 is 0 Å². The highest BCUT2D eigenvalue weighted by Gasteiger charge is 2.28. The van der Waals surface area contributed by atoms with Gasteiger partial charge >= 0.3 is 0 Å². The first-order valence-corrected chi connectivity index (χ1v) is 10.7. The zero-order valence-corrected chi connectivity index (χ0v) is 18.0. The molecule has 136 valence electrons. The minimum absolute atomic E-state index is 0. The van der Waals surface area contributed by atoms with Crippen LogP contribution in [-0.4, -0.2) is 43.5 Å². The van der Waals surface area contributed by atoms with Crippen LogP contribution in [0.4, 0.5) is 0 Å². The van der Waals surface area contributed by atoms with Gasteiger partial charge in [0.05, 0.1) is 23.7 Å². The Bertz CT molecular complexity index is 679. The maximum absolute atomic E-state index is 11.5. The average molecular weight is 484 g/mol. The molecule has 0 aromatic carbocycles. The van der Waals surface area contributed by atoms with E-state index in [0.29, 0.717) is 30.6 Å². The lowest BCUT2D eigenvalue weighted by Gasteiger charge is -2.14. The second-order valence-electron chi connectivity index (χ2n) is 6.48. The smallest absolute Gasteiger partial charge is 0.191 e. The summed E-state index contributed by atoms with van der Waals surface area (Å²) in [6.07, 6.45) is 3.10. The van der Waals surface area contributed by atoms with Gasteiger partial charge in [-0.25, -0.2) is 18.4 Å². The van der Waals surface area contributed by atoms with Crippen molar-refractivity contribution in [1.29, 1.82) is 0 Å². The number of guanidine groups is 1. The van der Waals surface area contributed by atoms with Crippen LogP contribution in [0.15, 0.2) is 4.99 Å². The Morgan fingerprint density at radius 3 is 2.62 bits per heavy atom. The molecule has 3 rings (SSSR count). The van der Waals surface area contributed by atoms with Crippen molar-refractivity contribution in [3.8, 4) is 0 Å². The van der Waals surface area contributed by atoms with Gasteiger partial charge in [0.15, 0.2) is 15.8 Å². The molecule has 2 fully saturated rings. The fourth-order valence-electron chi connectivity index (χ4n) is 2.60. The SMILES string of the molecule is Cc1nc(CN=C(NCC2CCS(=O)(=O)C2)NC2CC2)sc1C.I. The molecule has 1 aliphatic carbocycles. The van der Waals surface area contributed by atoms with Crippen molar-refractivity contribution in [2.24, 2.45) is 10.9 Å². The second-order valence-corrected chi connectivity index (χ2v) is 10.00. The van der Waals surface area contributed by atoms with Crippen LogP contribution in [0.1, 0.15) is 34.8 Å². The molecule has 2 N–H and O–H groups in total. The molecule has 0 spiro atoms. The summed E-state index contributed by atoms with van der Waals surface area (Å²) in [6.45, 7) is 5.31. The fraction of sp³-hybridized carbons (Fsp3) is 0.733. The van der Waals surface area contributed by atoms with Crippen molar-refractivity contribution < 1.29 is 8.42 Å². The summed E-state index contributed by atoms with van der Waals surface area (Å²) in [4.78, 5) is 10.4. The molecule has 1 aliphatic heterocycles. The standard InChI is InChI=1S/C15H24N4O2S2.HI/c1-10-11(2)22-14(18-10)8-17-15(19-13-3-4-13)16-7-12-5-6-23(20,21)9-12;/h12-13H,3-9H2,1-2H3,(H2,16,17,19);1H. The Kier molecular flexibility index (Phi) is 6.89. The van der Waals surface area contributed by atoms with Gasteiger partial charge in [-0.15, -0.1) is 35.3 Å². The van der Waals surface area contributed by atoms with Crippen LogP contribution in [0.5, 0.6) is 0 Å². The van der Waals surface area contributed by atoms with Gasteiger partial charge in [0.1, 0.15) is 5.01 Å². The molecule has 1 aromatic rings. The lowest BCUT2D eigenvalue weighted by molar-refractivity contribution is 0.566. The van der Waals surface area contributed by atoms with E-state index in [-0.39, 0.29) is 29.9 Å². The normalized spacial score (nSPS) is 22.9. The van der Waals surface area contributed by atoms with Gasteiger partial charge in [-0.2, -0.15) is 0 Å². The van der Waals surface area contributed by atoms with E-state index in [1.54, 1.807) is 11.3 Å². The molecule has 9 heteroatoms. The molecule has 0 radical (unpaired) electrons. The number of nitrogens with one attached hydrogen (secondary N) is 2. The van der Waals surface area contributed by atoms with Crippen LogP contribution in [0.2, 0.25) is 0 Å². The monoisotopic (exact) mass is 484 g/mol. The number of aliphatic imine (C=N–C) groups is 1. The summed E-state index contributed by atoms with van der Waals surface area (Å²) in [6, 6.07) is 0.508. The number of hydrogen-bond donors (Lipinski definition) is 2. The number of thiazole rings is 1. The second kappa shape index (κ2) is 8.31. The van der Waals surface area contributed by atoms with Crippen molar-refractivity contribution in [2.75, 3.05) is 18.1 Å². The Labute approximate surface area is 164 Å². The van der Waals surface area contributed by atoms with Gasteiger partial charge in [-0.3, -0.25) is 0 Å². The summed E-state index contributed by atoms with van der Waals surface area (Å²) < 4.78 is 23.1. The van der Waals surface area contributed by atoms with Gasteiger partial charge in [-0.1, -0.05) is 0 Å². The molecule has 0 amide bonds. The predicted molar refractivity (Wildman–Crippen MR) is 109 cm³/mol. The van der Waals surface area contributed by atoms with E-state index in [4.69, 9.17) is 0 Å². The fourth-order valence-corrected chi connectivity index (χ4v) is 5.32. The lowest BCUT2D eigenvalue weighted by atomic mass is 10.1. The molecular weight excluding hydrogens is 459 g/mol. The quantitative estimate of drug-likeness (QED) is 0.380. The molecule has 6 nitrogen and oxygen atoms in total. The predicted octanol–water partition coefficient (Wildman–Crippen LogP) is 2.01. The highest BCUT2D eigenvalue weighted by Crippen LogP contribution is 2.20. The Hall–Kier alpha value is -0.420. The number of halogens is 1. The number of sulfone groups is 1. The Morgan fingerprint density at radius 2 is 2.08 bits per heavy atom. The number of hydrogen-bond acceptors (Lipinski definition) is 5. The summed E-state index contributed by atoms with van der Waals surface area (Å²) >= 11 is 1.68. The minimum Gasteiger partial charge on any atom is -0.356 e. The number of aryl methyl sites for hydroxylation is 2. The van der Waals surface area contributed by atoms with Crippen LogP contribution in [0.25, 0.3) is 0 Å². The lowest BCUT2D eigenvalue weighted by Crippen LogP contribution is -2.41. The third kappa shape index (κ3) is 5.83. The first kappa shape index (κ1) is 19.9. The summed E-state index contributed by atoms with van der Waals surface area (Å²) in [5.41, 5.74) is 1.07. The molecular formula is C15H25IN4O2S2. The molecule has 1 atom stereocenters. The van der Waals surface area contributed by atoms with E-state index in [0.717, 1.165) is 23.1 Å². The zero-order chi connectivity index (χ0) is 16.4. The average Bonchev–Trinajstić information content (AvgIpc) is 3.15. The van der Waals surface area contributed by atoms with E-state index in [1.807, 2.05) is 6.92 Å². The molecule has 1 saturated carbocycles. The van der Waals surface area contributed by atoms with Crippen LogP contribution < -0.4 is 10.6 Å². The largest absolute Gasteiger partial charge is 0.356 e. The van der Waals surface area contributed by atoms with Crippen LogP contribution in [-0.2, 0) is 16.4 Å². The summed E-state index contributed by atoms with van der Waals surface area (Å²) in [5, 5.41) is 7.72. The van der Waals surface area contributed by atoms with Gasteiger partial charge in [0.25, 0.3) is 0 Å². The minimum atomic E-state index is -2.82. The number of aromatic nitrogens is 1. The van der Waals surface area contributed by atoms with E-state index in [9.17, 15) is 8.42 Å². The third-order valence-electron chi connectivity index (χ3n) is 4.25. The first-order valence-electron chi connectivity index (χ1n) is 8.09. The Morgan fingerprint density at radius 1 is 1.33 bits per heavy atom. The zero-order valence-electron chi connectivity index (χ0n) is 14.0. The molecule has 24 heavy (non-hydrogen) atoms. The highest BCUT2D eigenvalue weighted by atomic mass is 127. The topological polar surface area (TPSA) is 83.5 Å². The summed E-state index contributed by atoms with van der Waals surface area (Å²) in [7, 11) is -2.82. The van der Waals surface area contributed by atoms with Gasteiger partial charge in [0.2, 0.25) is 0 Å². The summed E-state index contributed by atoms with van der Waals surface area (Å²) in [5.74, 6) is 1.58. The van der Waals surface area contributed by atoms with E-state index < -0.39 is 9.84 Å². The van der Waals surface area contributed by atoms with E-state index in [2.05, 4.69) is 27.5 Å². The van der Waals surface area contributed by atoms with E-state index in [1.165, 1.54) is 17.7 Å².